The molecule has 1 aromatic carbocycles. The lowest BCUT2D eigenvalue weighted by molar-refractivity contribution is -0.116. The minimum atomic E-state index is -0.0517. The lowest BCUT2D eigenvalue weighted by Gasteiger charge is -2.12. The molecule has 1 rings (SSSR count). The van der Waals surface area contributed by atoms with Gasteiger partial charge in [0.15, 0.2) is 5.96 Å². The van der Waals surface area contributed by atoms with Crippen molar-refractivity contribution in [1.82, 2.24) is 10.6 Å². The highest BCUT2D eigenvalue weighted by atomic mass is 35.5. The topological polar surface area (TPSA) is 65.5 Å². The molecule has 1 amide bonds. The van der Waals surface area contributed by atoms with Crippen molar-refractivity contribution >= 4 is 29.2 Å². The van der Waals surface area contributed by atoms with Crippen molar-refractivity contribution in [3.05, 3.63) is 28.8 Å². The average molecular weight is 325 g/mol. The Morgan fingerprint density at radius 1 is 1.27 bits per heavy atom. The number of aliphatic imine (C=N–C) groups is 1. The summed E-state index contributed by atoms with van der Waals surface area (Å²) < 4.78 is 0. The van der Waals surface area contributed by atoms with Gasteiger partial charge in [0.1, 0.15) is 0 Å². The molecule has 5 nitrogen and oxygen atoms in total. The predicted molar refractivity (Wildman–Crippen MR) is 93.7 cm³/mol. The minimum Gasteiger partial charge on any atom is -0.357 e. The van der Waals surface area contributed by atoms with E-state index in [4.69, 9.17) is 11.6 Å². The molecule has 22 heavy (non-hydrogen) atoms. The van der Waals surface area contributed by atoms with Gasteiger partial charge in [0.2, 0.25) is 5.91 Å². The second kappa shape index (κ2) is 10.1. The predicted octanol–water partition coefficient (Wildman–Crippen LogP) is 2.94. The number of nitrogens with one attached hydrogen (secondary N) is 3. The zero-order chi connectivity index (χ0) is 16.4. The molecular formula is C16H25ClN4O. The fraction of sp³-hybridized carbons (Fsp3) is 0.500. The van der Waals surface area contributed by atoms with Crippen molar-refractivity contribution in [2.75, 3.05) is 25.0 Å². The van der Waals surface area contributed by atoms with Crippen molar-refractivity contribution in [2.24, 2.45) is 4.99 Å². The zero-order valence-electron chi connectivity index (χ0n) is 13.5. The summed E-state index contributed by atoms with van der Waals surface area (Å²) in [5.74, 6) is 0.695. The van der Waals surface area contributed by atoms with Crippen LogP contribution in [0, 0.1) is 6.92 Å². The van der Waals surface area contributed by atoms with E-state index in [-0.39, 0.29) is 5.91 Å². The maximum absolute atomic E-state index is 12.0. The number of anilines is 1. The Morgan fingerprint density at radius 3 is 2.73 bits per heavy atom. The zero-order valence-corrected chi connectivity index (χ0v) is 14.3. The van der Waals surface area contributed by atoms with Gasteiger partial charge >= 0.3 is 0 Å². The van der Waals surface area contributed by atoms with E-state index in [1.165, 1.54) is 0 Å². The van der Waals surface area contributed by atoms with E-state index in [1.807, 2.05) is 26.0 Å². The number of guanidine groups is 1. The van der Waals surface area contributed by atoms with Gasteiger partial charge in [0.05, 0.1) is 0 Å². The van der Waals surface area contributed by atoms with Crippen LogP contribution < -0.4 is 16.0 Å². The van der Waals surface area contributed by atoms with E-state index in [0.717, 1.165) is 36.7 Å². The van der Waals surface area contributed by atoms with Crippen LogP contribution in [0.3, 0.4) is 0 Å². The maximum atomic E-state index is 12.0. The third kappa shape index (κ3) is 6.35. The number of hydrogen-bond acceptors (Lipinski definition) is 2. The van der Waals surface area contributed by atoms with Crippen LogP contribution >= 0.6 is 11.6 Å². The second-order valence-electron chi connectivity index (χ2n) is 4.90. The fourth-order valence-electron chi connectivity index (χ4n) is 1.82. The number of carbonyl (C=O) groups excluding carboxylic acids is 1. The van der Waals surface area contributed by atoms with Crippen LogP contribution in [0.25, 0.3) is 0 Å². The number of hydrogen-bond donors (Lipinski definition) is 3. The maximum Gasteiger partial charge on any atom is 0.226 e. The Bertz CT molecular complexity index is 517. The molecule has 0 radical (unpaired) electrons. The molecule has 0 saturated carbocycles. The number of amides is 1. The molecule has 0 spiro atoms. The highest BCUT2D eigenvalue weighted by Gasteiger charge is 2.07. The van der Waals surface area contributed by atoms with Gasteiger partial charge in [-0.1, -0.05) is 24.6 Å². The molecule has 0 atom stereocenters. The summed E-state index contributed by atoms with van der Waals surface area (Å²) >= 11 is 6.04. The molecule has 3 N–H and O–H groups in total. The third-order valence-electron chi connectivity index (χ3n) is 3.02. The van der Waals surface area contributed by atoms with E-state index < -0.39 is 0 Å². The Hall–Kier alpha value is -1.75. The third-order valence-corrected chi connectivity index (χ3v) is 3.43. The van der Waals surface area contributed by atoms with Gasteiger partial charge in [0.25, 0.3) is 0 Å². The first-order valence-electron chi connectivity index (χ1n) is 7.65. The molecule has 6 heteroatoms. The van der Waals surface area contributed by atoms with Crippen molar-refractivity contribution < 1.29 is 4.79 Å². The monoisotopic (exact) mass is 324 g/mol. The van der Waals surface area contributed by atoms with Crippen LogP contribution in [0.1, 0.15) is 32.3 Å². The van der Waals surface area contributed by atoms with Gasteiger partial charge < -0.3 is 16.0 Å². The van der Waals surface area contributed by atoms with E-state index in [0.29, 0.717) is 18.0 Å². The highest BCUT2D eigenvalue weighted by molar-refractivity contribution is 6.31. The number of nitrogens with zero attached hydrogens (tertiary/aromatic N) is 1. The summed E-state index contributed by atoms with van der Waals surface area (Å²) in [5.41, 5.74) is 1.63. The number of benzene rings is 1. The first-order valence-corrected chi connectivity index (χ1v) is 8.03. The SMILES string of the molecule is CCCN=C(NCC)NCCC(=O)Nc1cccc(Cl)c1C. The standard InChI is InChI=1S/C16H25ClN4O/c1-4-10-19-16(18-5-2)20-11-9-15(22)21-14-8-6-7-13(17)12(14)3/h6-8H,4-5,9-11H2,1-3H3,(H,21,22)(H2,18,19,20). The Kier molecular flexibility index (Phi) is 8.36. The van der Waals surface area contributed by atoms with E-state index in [9.17, 15) is 4.79 Å². The van der Waals surface area contributed by atoms with E-state index >= 15 is 0 Å². The molecule has 0 heterocycles. The van der Waals surface area contributed by atoms with Crippen LogP contribution in [0.4, 0.5) is 5.69 Å². The largest absolute Gasteiger partial charge is 0.357 e. The fourth-order valence-corrected chi connectivity index (χ4v) is 1.99. The quantitative estimate of drug-likeness (QED) is 0.533. The molecule has 0 bridgehead atoms. The molecule has 1 aromatic rings. The Morgan fingerprint density at radius 2 is 2.05 bits per heavy atom. The lowest BCUT2D eigenvalue weighted by atomic mass is 10.2. The van der Waals surface area contributed by atoms with Crippen molar-refractivity contribution in [2.45, 2.75) is 33.6 Å². The van der Waals surface area contributed by atoms with Crippen molar-refractivity contribution in [1.29, 1.82) is 0 Å². The molecule has 0 aliphatic carbocycles. The number of rotatable bonds is 7. The Labute approximate surface area is 137 Å². The number of carbonyl (C=O) groups is 1. The summed E-state index contributed by atoms with van der Waals surface area (Å²) in [6.45, 7) is 8.07. The average Bonchev–Trinajstić information content (AvgIpc) is 2.49. The summed E-state index contributed by atoms with van der Waals surface area (Å²) in [7, 11) is 0. The van der Waals surface area contributed by atoms with Gasteiger partial charge in [0, 0.05) is 36.8 Å². The van der Waals surface area contributed by atoms with Crippen LogP contribution in [0.15, 0.2) is 23.2 Å². The van der Waals surface area contributed by atoms with Gasteiger partial charge in [-0.05, 0) is 38.0 Å². The second-order valence-corrected chi connectivity index (χ2v) is 5.31. The van der Waals surface area contributed by atoms with Crippen molar-refractivity contribution in [3.63, 3.8) is 0 Å². The van der Waals surface area contributed by atoms with Gasteiger partial charge in [-0.15, -0.1) is 0 Å². The molecule has 0 aromatic heterocycles. The van der Waals surface area contributed by atoms with Crippen LogP contribution in [-0.4, -0.2) is 31.5 Å². The Balaban J connectivity index is 2.44. The molecule has 122 valence electrons. The molecule has 0 aliphatic rings. The van der Waals surface area contributed by atoms with Gasteiger partial charge in [-0.2, -0.15) is 0 Å². The molecule has 0 aliphatic heterocycles. The van der Waals surface area contributed by atoms with Gasteiger partial charge in [-0.25, -0.2) is 0 Å². The molecule has 0 unspecified atom stereocenters. The van der Waals surface area contributed by atoms with E-state index in [2.05, 4.69) is 27.9 Å². The smallest absolute Gasteiger partial charge is 0.226 e. The summed E-state index contributed by atoms with van der Waals surface area (Å²) in [6.07, 6.45) is 1.35. The van der Waals surface area contributed by atoms with Crippen LogP contribution in [0.5, 0.6) is 0 Å². The minimum absolute atomic E-state index is 0.0517. The first kappa shape index (κ1) is 18.3. The van der Waals surface area contributed by atoms with E-state index in [1.54, 1.807) is 6.07 Å². The summed E-state index contributed by atoms with van der Waals surface area (Å²) in [4.78, 5) is 16.4. The molecular weight excluding hydrogens is 300 g/mol. The van der Waals surface area contributed by atoms with Crippen LogP contribution in [0.2, 0.25) is 5.02 Å². The normalized spacial score (nSPS) is 11.2. The lowest BCUT2D eigenvalue weighted by Crippen LogP contribution is -2.38. The molecule has 0 fully saturated rings. The highest BCUT2D eigenvalue weighted by Crippen LogP contribution is 2.22. The van der Waals surface area contributed by atoms with Gasteiger partial charge in [-0.3, -0.25) is 9.79 Å². The van der Waals surface area contributed by atoms with Crippen LogP contribution in [-0.2, 0) is 4.79 Å². The summed E-state index contributed by atoms with van der Waals surface area (Å²) in [6, 6.07) is 5.48. The summed E-state index contributed by atoms with van der Waals surface area (Å²) in [5, 5.41) is 9.82. The van der Waals surface area contributed by atoms with Crippen molar-refractivity contribution in [3.8, 4) is 0 Å². The molecule has 0 saturated heterocycles. The first-order chi connectivity index (χ1) is 10.6. The number of halogens is 1.